The van der Waals surface area contributed by atoms with E-state index < -0.39 is 0 Å². The summed E-state index contributed by atoms with van der Waals surface area (Å²) < 4.78 is 11.2. The molecule has 0 unspecified atom stereocenters. The first-order chi connectivity index (χ1) is 23.2. The number of nitrogens with zero attached hydrogens (tertiary/aromatic N) is 2. The highest BCUT2D eigenvalue weighted by Gasteiger charge is 2.21. The van der Waals surface area contributed by atoms with Gasteiger partial charge in [-0.05, 0) is 65.7 Å². The normalized spacial score (nSPS) is 11.9. The van der Waals surface area contributed by atoms with Crippen molar-refractivity contribution >= 4 is 65.6 Å². The van der Waals surface area contributed by atoms with Gasteiger partial charge < -0.3 is 13.6 Å². The highest BCUT2D eigenvalue weighted by Crippen LogP contribution is 2.42. The largest absolute Gasteiger partial charge is 0.456 e. The molecule has 0 bridgehead atoms. The second-order valence-electron chi connectivity index (χ2n) is 12.1. The Morgan fingerprint density at radius 3 is 1.81 bits per heavy atom. The van der Waals surface area contributed by atoms with E-state index in [4.69, 9.17) is 4.42 Å². The molecule has 0 atom stereocenters. The minimum Gasteiger partial charge on any atom is -0.456 e. The Morgan fingerprint density at radius 2 is 1.02 bits per heavy atom. The van der Waals surface area contributed by atoms with E-state index in [9.17, 15) is 4.79 Å². The molecule has 0 amide bonds. The van der Waals surface area contributed by atoms with Gasteiger partial charge in [0, 0.05) is 39.0 Å². The van der Waals surface area contributed by atoms with E-state index >= 15 is 0 Å². The van der Waals surface area contributed by atoms with Crippen LogP contribution in [0.15, 0.2) is 167 Å². The molecule has 47 heavy (non-hydrogen) atoms. The molecule has 0 N–H and O–H groups in total. The van der Waals surface area contributed by atoms with Crippen LogP contribution < -0.4 is 5.43 Å². The van der Waals surface area contributed by atoms with Crippen LogP contribution in [0.25, 0.3) is 88.1 Å². The summed E-state index contributed by atoms with van der Waals surface area (Å²) in [7, 11) is 0. The average Bonchev–Trinajstić information content (AvgIpc) is 3.65. The van der Waals surface area contributed by atoms with Crippen molar-refractivity contribution < 1.29 is 4.42 Å². The molecule has 4 heteroatoms. The second kappa shape index (κ2) is 9.80. The number of para-hydroxylation sites is 3. The first kappa shape index (κ1) is 25.9. The number of hydrogen-bond donors (Lipinski definition) is 0. The summed E-state index contributed by atoms with van der Waals surface area (Å²) in [6.07, 6.45) is 0. The van der Waals surface area contributed by atoms with Gasteiger partial charge in [0.25, 0.3) is 0 Å². The van der Waals surface area contributed by atoms with Crippen molar-refractivity contribution in [3.63, 3.8) is 0 Å². The molecule has 10 rings (SSSR count). The zero-order chi connectivity index (χ0) is 31.1. The SMILES string of the molecule is O=c1c2ccc(-c3ccccc3)cc2oc2cc(-n3c4ccccc4c4ccc5c(c6ccccc6n5-c5ccccc5)c43)ccc12. The van der Waals surface area contributed by atoms with Gasteiger partial charge in [-0.15, -0.1) is 0 Å². The van der Waals surface area contributed by atoms with Crippen molar-refractivity contribution in [1.29, 1.82) is 0 Å². The molecule has 3 heterocycles. The molecule has 0 aliphatic carbocycles. The first-order valence-corrected chi connectivity index (χ1v) is 15.8. The quantitative estimate of drug-likeness (QED) is 0.189. The Kier molecular flexibility index (Phi) is 5.40. The lowest BCUT2D eigenvalue weighted by Gasteiger charge is -2.11. The van der Waals surface area contributed by atoms with Gasteiger partial charge in [-0.2, -0.15) is 0 Å². The lowest BCUT2D eigenvalue weighted by Crippen LogP contribution is -2.03. The highest BCUT2D eigenvalue weighted by molar-refractivity contribution is 6.26. The van der Waals surface area contributed by atoms with Crippen LogP contribution in [0.1, 0.15) is 0 Å². The third-order valence-corrected chi connectivity index (χ3v) is 9.51. The van der Waals surface area contributed by atoms with E-state index in [1.807, 2.05) is 54.6 Å². The fourth-order valence-electron chi connectivity index (χ4n) is 7.42. The minimum atomic E-state index is -0.0250. The topological polar surface area (TPSA) is 40.1 Å². The second-order valence-corrected chi connectivity index (χ2v) is 12.1. The van der Waals surface area contributed by atoms with E-state index in [0.29, 0.717) is 21.9 Å². The first-order valence-electron chi connectivity index (χ1n) is 15.8. The van der Waals surface area contributed by atoms with Crippen LogP contribution in [0.3, 0.4) is 0 Å². The molecule has 0 saturated heterocycles. The Hall–Kier alpha value is -6.39. The number of rotatable bonds is 3. The van der Waals surface area contributed by atoms with E-state index in [-0.39, 0.29) is 5.43 Å². The summed E-state index contributed by atoms with van der Waals surface area (Å²) in [6, 6.07) is 54.2. The molecule has 0 fully saturated rings. The van der Waals surface area contributed by atoms with Crippen molar-refractivity contribution in [3.05, 3.63) is 168 Å². The summed E-state index contributed by atoms with van der Waals surface area (Å²) >= 11 is 0. The predicted molar refractivity (Wildman–Crippen MR) is 194 cm³/mol. The molecule has 3 aromatic heterocycles. The van der Waals surface area contributed by atoms with Gasteiger partial charge in [0.1, 0.15) is 11.2 Å². The van der Waals surface area contributed by atoms with Gasteiger partial charge in [0.2, 0.25) is 5.43 Å². The van der Waals surface area contributed by atoms with Crippen LogP contribution in [0.4, 0.5) is 0 Å². The van der Waals surface area contributed by atoms with Gasteiger partial charge in [-0.3, -0.25) is 4.79 Å². The maximum atomic E-state index is 13.7. The lowest BCUT2D eigenvalue weighted by molar-refractivity contribution is 0.660. The minimum absolute atomic E-state index is 0.0250. The molecular formula is C43H26N2O2. The van der Waals surface area contributed by atoms with Gasteiger partial charge in [0.15, 0.2) is 0 Å². The molecule has 0 aliphatic rings. The van der Waals surface area contributed by atoms with Gasteiger partial charge in [0.05, 0.1) is 32.8 Å². The molecular weight excluding hydrogens is 576 g/mol. The van der Waals surface area contributed by atoms with Crippen LogP contribution >= 0.6 is 0 Å². The highest BCUT2D eigenvalue weighted by atomic mass is 16.3. The van der Waals surface area contributed by atoms with E-state index in [1.54, 1.807) is 0 Å². The van der Waals surface area contributed by atoms with Gasteiger partial charge >= 0.3 is 0 Å². The Balaban J connectivity index is 1.30. The monoisotopic (exact) mass is 602 g/mol. The Bertz CT molecular complexity index is 2910. The Labute approximate surface area is 268 Å². The zero-order valence-electron chi connectivity index (χ0n) is 25.2. The molecule has 220 valence electrons. The average molecular weight is 603 g/mol. The van der Waals surface area contributed by atoms with Crippen LogP contribution in [-0.2, 0) is 0 Å². The number of fused-ring (bicyclic) bond motifs is 9. The fraction of sp³-hybridized carbons (Fsp3) is 0. The van der Waals surface area contributed by atoms with E-state index in [0.717, 1.165) is 44.6 Å². The van der Waals surface area contributed by atoms with E-state index in [1.165, 1.54) is 21.5 Å². The maximum Gasteiger partial charge on any atom is 0.200 e. The van der Waals surface area contributed by atoms with Crippen molar-refractivity contribution in [1.82, 2.24) is 9.13 Å². The number of benzene rings is 7. The van der Waals surface area contributed by atoms with Crippen LogP contribution in [0.2, 0.25) is 0 Å². The summed E-state index contributed by atoms with van der Waals surface area (Å²) in [4.78, 5) is 13.7. The standard InChI is InChI=1S/C43H26N2O2/c46-43-34-21-19-28(27-11-3-1-4-12-27)25-39(34)47-40-26-30(20-22-35(40)43)45-36-17-9-7-15-31(36)32-23-24-38-41(42(32)45)33-16-8-10-18-37(33)44(38)29-13-5-2-6-14-29/h1-26H. The van der Waals surface area contributed by atoms with Gasteiger partial charge in [-0.25, -0.2) is 0 Å². The smallest absolute Gasteiger partial charge is 0.200 e. The van der Waals surface area contributed by atoms with Crippen LogP contribution in [-0.4, -0.2) is 9.13 Å². The third kappa shape index (κ3) is 3.73. The van der Waals surface area contributed by atoms with Crippen LogP contribution in [0.5, 0.6) is 0 Å². The summed E-state index contributed by atoms with van der Waals surface area (Å²) in [5, 5.41) is 5.88. The van der Waals surface area contributed by atoms with E-state index in [2.05, 4.69) is 112 Å². The summed E-state index contributed by atoms with van der Waals surface area (Å²) in [6.45, 7) is 0. The maximum absolute atomic E-state index is 13.7. The number of hydrogen-bond acceptors (Lipinski definition) is 2. The fourth-order valence-corrected chi connectivity index (χ4v) is 7.42. The Morgan fingerprint density at radius 1 is 0.404 bits per heavy atom. The predicted octanol–water partition coefficient (Wildman–Crippen LogP) is 10.8. The summed E-state index contributed by atoms with van der Waals surface area (Å²) in [5.41, 5.74) is 9.79. The molecule has 10 aromatic rings. The van der Waals surface area contributed by atoms with Gasteiger partial charge in [-0.1, -0.05) is 97.1 Å². The van der Waals surface area contributed by atoms with Crippen molar-refractivity contribution in [2.24, 2.45) is 0 Å². The van der Waals surface area contributed by atoms with Crippen molar-refractivity contribution in [3.8, 4) is 22.5 Å². The summed E-state index contributed by atoms with van der Waals surface area (Å²) in [5.74, 6) is 0. The molecule has 0 radical (unpaired) electrons. The van der Waals surface area contributed by atoms with Crippen LogP contribution in [0, 0.1) is 0 Å². The van der Waals surface area contributed by atoms with Crippen molar-refractivity contribution in [2.75, 3.05) is 0 Å². The molecule has 0 spiro atoms. The molecule has 0 saturated carbocycles. The molecule has 0 aliphatic heterocycles. The lowest BCUT2D eigenvalue weighted by atomic mass is 10.0. The van der Waals surface area contributed by atoms with Crippen molar-refractivity contribution in [2.45, 2.75) is 0 Å². The molecule has 4 nitrogen and oxygen atoms in total. The third-order valence-electron chi connectivity index (χ3n) is 9.51. The molecule has 7 aromatic carbocycles. The zero-order valence-corrected chi connectivity index (χ0v) is 25.2. The number of aromatic nitrogens is 2.